The molecule has 0 saturated carbocycles. The molecule has 0 unspecified atom stereocenters. The molecule has 106 valence electrons. The summed E-state index contributed by atoms with van der Waals surface area (Å²) in [4.78, 5) is 28.8. The summed E-state index contributed by atoms with van der Waals surface area (Å²) in [6.07, 6.45) is 2.87. The molecule has 20 heavy (non-hydrogen) atoms. The smallest absolute Gasteiger partial charge is 0.314 e. The van der Waals surface area contributed by atoms with Gasteiger partial charge in [0.05, 0.1) is 0 Å². The van der Waals surface area contributed by atoms with Crippen molar-refractivity contribution >= 4 is 16.9 Å². The second-order valence-electron chi connectivity index (χ2n) is 5.08. The third kappa shape index (κ3) is 1.43. The van der Waals surface area contributed by atoms with Crippen molar-refractivity contribution in [2.45, 2.75) is 26.8 Å². The van der Waals surface area contributed by atoms with Gasteiger partial charge in [0.2, 0.25) is 5.78 Å². The van der Waals surface area contributed by atoms with Gasteiger partial charge in [-0.25, -0.2) is 4.79 Å². The minimum atomic E-state index is -0.359. The number of fused-ring (bicyclic) bond motifs is 3. The Labute approximate surface area is 114 Å². The zero-order valence-electron chi connectivity index (χ0n) is 12.0. The van der Waals surface area contributed by atoms with Crippen LogP contribution in [0.3, 0.4) is 0 Å². The molecule has 0 saturated heterocycles. The van der Waals surface area contributed by atoms with E-state index in [4.69, 9.17) is 0 Å². The monoisotopic (exact) mass is 275 g/mol. The second kappa shape index (κ2) is 4.09. The van der Waals surface area contributed by atoms with Gasteiger partial charge in [0.1, 0.15) is 0 Å². The Hall–Kier alpha value is -2.31. The molecule has 0 N–H and O–H groups in total. The molecular formula is C13H17N5O2. The van der Waals surface area contributed by atoms with Crippen LogP contribution in [0.15, 0.2) is 15.8 Å². The third-order valence-corrected chi connectivity index (χ3v) is 3.70. The van der Waals surface area contributed by atoms with E-state index in [1.165, 1.54) is 11.6 Å². The Morgan fingerprint density at radius 2 is 1.90 bits per heavy atom. The van der Waals surface area contributed by atoms with Crippen LogP contribution >= 0.6 is 0 Å². The van der Waals surface area contributed by atoms with Crippen molar-refractivity contribution in [1.82, 2.24) is 23.1 Å². The quantitative estimate of drug-likeness (QED) is 0.680. The molecule has 0 aliphatic carbocycles. The summed E-state index contributed by atoms with van der Waals surface area (Å²) in [6.45, 7) is 4.91. The Morgan fingerprint density at radius 3 is 2.55 bits per heavy atom. The number of hydrogen-bond acceptors (Lipinski definition) is 3. The van der Waals surface area contributed by atoms with Crippen molar-refractivity contribution in [3.05, 3.63) is 32.7 Å². The molecular weight excluding hydrogens is 258 g/mol. The van der Waals surface area contributed by atoms with Gasteiger partial charge >= 0.3 is 5.69 Å². The lowest BCUT2D eigenvalue weighted by atomic mass is 10.4. The summed E-state index contributed by atoms with van der Waals surface area (Å²) < 4.78 is 6.37. The molecule has 7 nitrogen and oxygen atoms in total. The highest BCUT2D eigenvalue weighted by atomic mass is 16.2. The van der Waals surface area contributed by atoms with E-state index in [9.17, 15) is 9.59 Å². The molecule has 0 atom stereocenters. The fourth-order valence-corrected chi connectivity index (χ4v) is 2.63. The van der Waals surface area contributed by atoms with Crippen molar-refractivity contribution < 1.29 is 0 Å². The highest BCUT2D eigenvalue weighted by Gasteiger charge is 2.18. The molecule has 7 heteroatoms. The summed E-state index contributed by atoms with van der Waals surface area (Å²) in [5.41, 5.74) is 1.25. The Morgan fingerprint density at radius 1 is 1.20 bits per heavy atom. The first-order chi connectivity index (χ1) is 9.47. The minimum Gasteiger partial charge on any atom is -0.314 e. The summed E-state index contributed by atoms with van der Waals surface area (Å²) in [5, 5.41) is 0. The molecule has 0 fully saturated rings. The summed E-state index contributed by atoms with van der Waals surface area (Å²) in [7, 11) is 3.12. The van der Waals surface area contributed by atoms with E-state index in [1.807, 2.05) is 13.1 Å². The van der Waals surface area contributed by atoms with Crippen LogP contribution in [0.1, 0.15) is 19.0 Å². The van der Waals surface area contributed by atoms with Gasteiger partial charge < -0.3 is 4.57 Å². The first-order valence-corrected chi connectivity index (χ1v) is 6.61. The summed E-state index contributed by atoms with van der Waals surface area (Å²) in [6, 6.07) is 0. The van der Waals surface area contributed by atoms with E-state index >= 15 is 0 Å². The normalized spacial score (nSPS) is 11.8. The van der Waals surface area contributed by atoms with E-state index in [-0.39, 0.29) is 11.2 Å². The van der Waals surface area contributed by atoms with Crippen LogP contribution in [0.5, 0.6) is 0 Å². The van der Waals surface area contributed by atoms with Crippen molar-refractivity contribution in [2.75, 3.05) is 0 Å². The van der Waals surface area contributed by atoms with Gasteiger partial charge in [0.15, 0.2) is 11.2 Å². The van der Waals surface area contributed by atoms with Gasteiger partial charge in [0.25, 0.3) is 5.56 Å². The van der Waals surface area contributed by atoms with Crippen LogP contribution < -0.4 is 11.2 Å². The fourth-order valence-electron chi connectivity index (χ4n) is 2.63. The third-order valence-electron chi connectivity index (χ3n) is 3.70. The maximum atomic E-state index is 12.3. The lowest BCUT2D eigenvalue weighted by Gasteiger charge is -2.02. The summed E-state index contributed by atoms with van der Waals surface area (Å²) in [5.74, 6) is 0.706. The van der Waals surface area contributed by atoms with Gasteiger partial charge in [0, 0.05) is 32.5 Å². The number of imidazole rings is 2. The zero-order valence-corrected chi connectivity index (χ0v) is 12.0. The largest absolute Gasteiger partial charge is 0.332 e. The molecule has 0 radical (unpaired) electrons. The number of rotatable bonds is 2. The van der Waals surface area contributed by atoms with Gasteiger partial charge in [-0.1, -0.05) is 6.92 Å². The molecule has 0 aromatic carbocycles. The number of aryl methyl sites for hydroxylation is 3. The van der Waals surface area contributed by atoms with Crippen molar-refractivity contribution in [3.63, 3.8) is 0 Å². The number of aromatic nitrogens is 5. The first-order valence-electron chi connectivity index (χ1n) is 6.61. The highest BCUT2D eigenvalue weighted by Crippen LogP contribution is 2.16. The van der Waals surface area contributed by atoms with Gasteiger partial charge in [-0.05, 0) is 13.3 Å². The van der Waals surface area contributed by atoms with Crippen LogP contribution in [-0.2, 0) is 20.6 Å². The maximum absolute atomic E-state index is 12.3. The lowest BCUT2D eigenvalue weighted by Crippen LogP contribution is -2.37. The highest BCUT2D eigenvalue weighted by molar-refractivity contribution is 5.75. The van der Waals surface area contributed by atoms with Crippen LogP contribution in [0.25, 0.3) is 16.9 Å². The SMILES string of the molecule is CCCn1c(C)cn2c3c(=O)n(C)c(=O)n(C)c3nc12. The number of hydrogen-bond donors (Lipinski definition) is 0. The first kappa shape index (κ1) is 12.7. The average Bonchev–Trinajstić information content (AvgIpc) is 2.92. The second-order valence-corrected chi connectivity index (χ2v) is 5.08. The topological polar surface area (TPSA) is 66.2 Å². The van der Waals surface area contributed by atoms with Crippen LogP contribution in [0.2, 0.25) is 0 Å². The zero-order chi connectivity index (χ0) is 14.6. The fraction of sp³-hybridized carbons (Fsp3) is 0.462. The van der Waals surface area contributed by atoms with Crippen LogP contribution in [-0.4, -0.2) is 23.1 Å². The molecule has 0 bridgehead atoms. The molecule has 3 aromatic rings. The molecule has 3 rings (SSSR count). The molecule has 3 heterocycles. The Kier molecular flexibility index (Phi) is 2.60. The predicted molar refractivity (Wildman–Crippen MR) is 76.2 cm³/mol. The van der Waals surface area contributed by atoms with E-state index in [0.717, 1.165) is 23.2 Å². The molecule has 3 aromatic heterocycles. The van der Waals surface area contributed by atoms with Gasteiger partial charge in [-0.15, -0.1) is 0 Å². The molecule has 0 aliphatic rings. The van der Waals surface area contributed by atoms with Crippen LogP contribution in [0.4, 0.5) is 0 Å². The lowest BCUT2D eigenvalue weighted by molar-refractivity contribution is 0.677. The average molecular weight is 275 g/mol. The number of nitrogens with zero attached hydrogens (tertiary/aromatic N) is 5. The van der Waals surface area contributed by atoms with E-state index in [1.54, 1.807) is 11.4 Å². The van der Waals surface area contributed by atoms with Crippen molar-refractivity contribution in [3.8, 4) is 0 Å². The predicted octanol–water partition coefficient (Wildman–Crippen LogP) is 0.405. The van der Waals surface area contributed by atoms with Crippen molar-refractivity contribution in [2.24, 2.45) is 14.1 Å². The van der Waals surface area contributed by atoms with E-state index in [2.05, 4.69) is 16.5 Å². The molecule has 0 aliphatic heterocycles. The van der Waals surface area contributed by atoms with Gasteiger partial charge in [-0.3, -0.25) is 18.3 Å². The van der Waals surface area contributed by atoms with E-state index < -0.39 is 0 Å². The molecule has 0 amide bonds. The van der Waals surface area contributed by atoms with Crippen molar-refractivity contribution in [1.29, 1.82) is 0 Å². The minimum absolute atomic E-state index is 0.316. The standard InChI is InChI=1S/C13H17N5O2/c1-5-6-17-8(2)7-18-9-10(14-12(17)18)15(3)13(20)16(4)11(9)19/h7H,5-6H2,1-4H3. The molecule has 0 spiro atoms. The van der Waals surface area contributed by atoms with Crippen LogP contribution in [0, 0.1) is 6.92 Å². The Bertz CT molecular complexity index is 938. The maximum Gasteiger partial charge on any atom is 0.332 e. The van der Waals surface area contributed by atoms with Gasteiger partial charge in [-0.2, -0.15) is 4.98 Å². The summed E-state index contributed by atoms with van der Waals surface area (Å²) >= 11 is 0. The Balaban J connectivity index is 2.57. The van der Waals surface area contributed by atoms with E-state index in [0.29, 0.717) is 16.9 Å².